The molecule has 0 aromatic rings. The minimum absolute atomic E-state index is 0.0101. The second kappa shape index (κ2) is 6.24. The maximum Gasteiger partial charge on any atom is 0.309 e. The van der Waals surface area contributed by atoms with E-state index in [-0.39, 0.29) is 17.9 Å². The van der Waals surface area contributed by atoms with Gasteiger partial charge in [-0.05, 0) is 66.6 Å². The zero-order valence-electron chi connectivity index (χ0n) is 16.8. The quantitative estimate of drug-likeness (QED) is 0.690. The molecule has 0 aromatic heterocycles. The van der Waals surface area contributed by atoms with Crippen LogP contribution in [0.3, 0.4) is 0 Å². The highest BCUT2D eigenvalue weighted by molar-refractivity contribution is 5.75. The van der Waals surface area contributed by atoms with Crippen molar-refractivity contribution in [3.8, 4) is 0 Å². The number of esters is 2. The first-order chi connectivity index (χ1) is 12.2. The van der Waals surface area contributed by atoms with Crippen molar-refractivity contribution in [1.82, 2.24) is 0 Å². The molecule has 1 heterocycles. The number of fused-ring (bicyclic) bond motifs is 5. The van der Waals surface area contributed by atoms with Crippen LogP contribution in [0.15, 0.2) is 0 Å². The predicted octanol–water partition coefficient (Wildman–Crippen LogP) is 4.22. The molecule has 7 atom stereocenters. The molecule has 0 spiro atoms. The van der Waals surface area contributed by atoms with Crippen molar-refractivity contribution in [2.24, 2.45) is 46.3 Å². The van der Waals surface area contributed by atoms with E-state index in [0.29, 0.717) is 53.6 Å². The van der Waals surface area contributed by atoms with E-state index < -0.39 is 0 Å². The third-order valence-electron chi connectivity index (χ3n) is 8.69. The van der Waals surface area contributed by atoms with Crippen molar-refractivity contribution < 1.29 is 19.1 Å². The number of ether oxygens (including phenoxy) is 2. The normalized spacial score (nSPS) is 46.5. The summed E-state index contributed by atoms with van der Waals surface area (Å²) < 4.78 is 11.0. The van der Waals surface area contributed by atoms with Gasteiger partial charge in [-0.1, -0.05) is 27.2 Å². The highest BCUT2D eigenvalue weighted by Crippen LogP contribution is 2.66. The summed E-state index contributed by atoms with van der Waals surface area (Å²) >= 11 is 0. The first-order valence-corrected chi connectivity index (χ1v) is 10.5. The molecule has 146 valence electrons. The lowest BCUT2D eigenvalue weighted by Crippen LogP contribution is -2.58. The van der Waals surface area contributed by atoms with Crippen LogP contribution in [0.4, 0.5) is 0 Å². The topological polar surface area (TPSA) is 52.6 Å². The van der Waals surface area contributed by atoms with Crippen LogP contribution in [-0.2, 0) is 19.1 Å². The van der Waals surface area contributed by atoms with Crippen molar-refractivity contribution in [3.63, 3.8) is 0 Å². The molecule has 26 heavy (non-hydrogen) atoms. The van der Waals surface area contributed by atoms with Gasteiger partial charge in [-0.2, -0.15) is 0 Å². The van der Waals surface area contributed by atoms with E-state index in [9.17, 15) is 9.59 Å². The lowest BCUT2D eigenvalue weighted by atomic mass is 9.41. The van der Waals surface area contributed by atoms with Crippen LogP contribution in [0.5, 0.6) is 0 Å². The second-order valence-electron chi connectivity index (χ2n) is 10.4. The van der Waals surface area contributed by atoms with Crippen molar-refractivity contribution in [2.45, 2.75) is 66.2 Å². The third-order valence-corrected chi connectivity index (χ3v) is 8.69. The number of hydrogen-bond acceptors (Lipinski definition) is 4. The van der Waals surface area contributed by atoms with Crippen molar-refractivity contribution in [1.29, 1.82) is 0 Å². The molecule has 0 N–H and O–H groups in total. The minimum atomic E-state index is -0.191. The minimum Gasteiger partial charge on any atom is -0.466 e. The lowest BCUT2D eigenvalue weighted by Gasteiger charge is -2.63. The van der Waals surface area contributed by atoms with Gasteiger partial charge in [-0.25, -0.2) is 0 Å². The standard InChI is InChI=1S/C22H34O4/c1-13(23)25-11-14-10-18-21(2,3)8-5-9-22(18,4)17-7-6-15-16(19(14)17)12-26-20(15)24/h14-19H,5-12H2,1-4H3. The Labute approximate surface area is 157 Å². The molecule has 4 fully saturated rings. The summed E-state index contributed by atoms with van der Waals surface area (Å²) in [5, 5.41) is 0. The van der Waals surface area contributed by atoms with E-state index in [1.807, 2.05) is 0 Å². The van der Waals surface area contributed by atoms with Gasteiger partial charge >= 0.3 is 11.9 Å². The predicted molar refractivity (Wildman–Crippen MR) is 98.1 cm³/mol. The molecular formula is C22H34O4. The zero-order chi connectivity index (χ0) is 18.7. The van der Waals surface area contributed by atoms with E-state index in [1.54, 1.807) is 0 Å². The zero-order valence-corrected chi connectivity index (χ0v) is 16.8. The van der Waals surface area contributed by atoms with Crippen LogP contribution < -0.4 is 0 Å². The average Bonchev–Trinajstić information content (AvgIpc) is 2.94. The average molecular weight is 363 g/mol. The van der Waals surface area contributed by atoms with E-state index in [2.05, 4.69) is 20.8 Å². The van der Waals surface area contributed by atoms with Gasteiger partial charge in [0.15, 0.2) is 0 Å². The Morgan fingerprint density at radius 2 is 2.00 bits per heavy atom. The van der Waals surface area contributed by atoms with Crippen LogP contribution in [-0.4, -0.2) is 25.2 Å². The van der Waals surface area contributed by atoms with Crippen LogP contribution in [0.25, 0.3) is 0 Å². The van der Waals surface area contributed by atoms with Crippen molar-refractivity contribution in [3.05, 3.63) is 0 Å². The maximum absolute atomic E-state index is 12.2. The monoisotopic (exact) mass is 362 g/mol. The Morgan fingerprint density at radius 3 is 2.73 bits per heavy atom. The molecule has 0 radical (unpaired) electrons. The number of cyclic esters (lactones) is 1. The van der Waals surface area contributed by atoms with Crippen molar-refractivity contribution in [2.75, 3.05) is 13.2 Å². The van der Waals surface area contributed by atoms with Gasteiger partial charge in [-0.3, -0.25) is 9.59 Å². The number of rotatable bonds is 2. The van der Waals surface area contributed by atoms with Gasteiger partial charge in [0, 0.05) is 12.8 Å². The van der Waals surface area contributed by atoms with Gasteiger partial charge in [0.1, 0.15) is 0 Å². The molecule has 4 rings (SSSR count). The van der Waals surface area contributed by atoms with Crippen LogP contribution in [0.2, 0.25) is 0 Å². The largest absolute Gasteiger partial charge is 0.466 e. The summed E-state index contributed by atoms with van der Waals surface area (Å²) in [5.74, 6) is 2.32. The molecular weight excluding hydrogens is 328 g/mol. The van der Waals surface area contributed by atoms with Gasteiger partial charge < -0.3 is 9.47 Å². The number of hydrogen-bond donors (Lipinski definition) is 0. The Morgan fingerprint density at radius 1 is 1.23 bits per heavy atom. The second-order valence-corrected chi connectivity index (χ2v) is 10.4. The SMILES string of the molecule is CC(=O)OCC1CC2C(C)(C)CCCC2(C)C2CCC3C(=O)OCC3C12. The molecule has 3 saturated carbocycles. The Balaban J connectivity index is 1.69. The third kappa shape index (κ3) is 2.70. The fourth-order valence-electron chi connectivity index (χ4n) is 7.65. The summed E-state index contributed by atoms with van der Waals surface area (Å²) in [7, 11) is 0. The highest BCUT2D eigenvalue weighted by Gasteiger charge is 2.62. The summed E-state index contributed by atoms with van der Waals surface area (Å²) in [5.41, 5.74) is 0.682. The lowest BCUT2D eigenvalue weighted by molar-refractivity contribution is -0.170. The van der Waals surface area contributed by atoms with Gasteiger partial charge in [0.2, 0.25) is 0 Å². The van der Waals surface area contributed by atoms with Gasteiger partial charge in [0.05, 0.1) is 19.1 Å². The van der Waals surface area contributed by atoms with E-state index in [4.69, 9.17) is 9.47 Å². The molecule has 4 heteroatoms. The summed E-state index contributed by atoms with van der Waals surface area (Å²) in [6.45, 7) is 9.98. The molecule has 0 aromatic carbocycles. The molecule has 7 unspecified atom stereocenters. The first-order valence-electron chi connectivity index (χ1n) is 10.5. The molecule has 4 nitrogen and oxygen atoms in total. The molecule has 0 bridgehead atoms. The molecule has 3 aliphatic carbocycles. The van der Waals surface area contributed by atoms with E-state index >= 15 is 0 Å². The smallest absolute Gasteiger partial charge is 0.309 e. The molecule has 0 amide bonds. The summed E-state index contributed by atoms with van der Waals surface area (Å²) in [6, 6.07) is 0. The van der Waals surface area contributed by atoms with E-state index in [1.165, 1.54) is 26.2 Å². The molecule has 4 aliphatic rings. The Hall–Kier alpha value is -1.06. The summed E-state index contributed by atoms with van der Waals surface area (Å²) in [6.07, 6.45) is 7.12. The molecule has 1 saturated heterocycles. The molecule has 1 aliphatic heterocycles. The van der Waals surface area contributed by atoms with E-state index in [0.717, 1.165) is 19.3 Å². The summed E-state index contributed by atoms with van der Waals surface area (Å²) in [4.78, 5) is 23.7. The van der Waals surface area contributed by atoms with Crippen LogP contribution in [0, 0.1) is 46.3 Å². The van der Waals surface area contributed by atoms with Crippen LogP contribution in [0.1, 0.15) is 66.2 Å². The number of carbonyl (C=O) groups is 2. The number of carbonyl (C=O) groups excluding carboxylic acids is 2. The van der Waals surface area contributed by atoms with Gasteiger partial charge in [-0.15, -0.1) is 0 Å². The highest BCUT2D eigenvalue weighted by atomic mass is 16.5. The van der Waals surface area contributed by atoms with Crippen molar-refractivity contribution >= 4 is 11.9 Å². The fraction of sp³-hybridized carbons (Fsp3) is 0.909. The Bertz CT molecular complexity index is 597. The first kappa shape index (κ1) is 18.3. The Kier molecular flexibility index (Phi) is 4.39. The van der Waals surface area contributed by atoms with Crippen LogP contribution >= 0.6 is 0 Å². The van der Waals surface area contributed by atoms with Gasteiger partial charge in [0.25, 0.3) is 0 Å². The maximum atomic E-state index is 12.2. The fourth-order valence-corrected chi connectivity index (χ4v) is 7.65.